The summed E-state index contributed by atoms with van der Waals surface area (Å²) in [4.78, 5) is 25.2. The number of benzene rings is 1. The number of aromatic nitrogens is 2. The highest BCUT2D eigenvalue weighted by atomic mass is 16.5. The molecule has 2 aliphatic heterocycles. The van der Waals surface area contributed by atoms with E-state index in [0.29, 0.717) is 13.2 Å². The minimum absolute atomic E-state index is 0.128. The number of carbonyl (C=O) groups is 1. The third-order valence-corrected chi connectivity index (χ3v) is 5.32. The minimum Gasteiger partial charge on any atom is -0.366 e. The number of rotatable bonds is 2. The summed E-state index contributed by atoms with van der Waals surface area (Å²) in [6, 6.07) is 6.27. The molecule has 1 aromatic heterocycles. The van der Waals surface area contributed by atoms with Crippen LogP contribution in [0.25, 0.3) is 11.0 Å². The Morgan fingerprint density at radius 1 is 1.32 bits per heavy atom. The number of nitrogens with one attached hydrogen (secondary N) is 1. The SMILES string of the molecule is Cc1ccc2nc([C@@H]3CCCN(C(=O)[C@H]4CN(C)CCO4)C3)[nH]c2c1. The Kier molecular flexibility index (Phi) is 4.48. The molecule has 2 fully saturated rings. The zero-order chi connectivity index (χ0) is 17.4. The summed E-state index contributed by atoms with van der Waals surface area (Å²) in [5, 5.41) is 0. The molecule has 2 aliphatic rings. The molecule has 0 aliphatic carbocycles. The van der Waals surface area contributed by atoms with Crippen LogP contribution in [-0.4, -0.2) is 71.6 Å². The molecule has 25 heavy (non-hydrogen) atoms. The van der Waals surface area contributed by atoms with Crippen LogP contribution in [0.4, 0.5) is 0 Å². The van der Waals surface area contributed by atoms with E-state index in [9.17, 15) is 4.79 Å². The first kappa shape index (κ1) is 16.5. The largest absolute Gasteiger partial charge is 0.366 e. The highest BCUT2D eigenvalue weighted by molar-refractivity contribution is 5.81. The summed E-state index contributed by atoms with van der Waals surface area (Å²) in [5.74, 6) is 1.40. The summed E-state index contributed by atoms with van der Waals surface area (Å²) >= 11 is 0. The number of hydrogen-bond donors (Lipinski definition) is 1. The summed E-state index contributed by atoms with van der Waals surface area (Å²) in [6.07, 6.45) is 1.75. The Bertz CT molecular complexity index is 772. The van der Waals surface area contributed by atoms with Gasteiger partial charge in [-0.25, -0.2) is 4.98 Å². The Morgan fingerprint density at radius 2 is 2.20 bits per heavy atom. The van der Waals surface area contributed by atoms with Crippen LogP contribution >= 0.6 is 0 Å². The molecule has 2 aromatic rings. The van der Waals surface area contributed by atoms with Crippen LogP contribution < -0.4 is 0 Å². The molecule has 0 radical (unpaired) electrons. The van der Waals surface area contributed by atoms with Gasteiger partial charge in [0.25, 0.3) is 5.91 Å². The van der Waals surface area contributed by atoms with Crippen molar-refractivity contribution in [3.05, 3.63) is 29.6 Å². The summed E-state index contributed by atoms with van der Waals surface area (Å²) < 4.78 is 5.71. The van der Waals surface area contributed by atoms with Crippen molar-refractivity contribution in [3.8, 4) is 0 Å². The van der Waals surface area contributed by atoms with Crippen LogP contribution in [0.3, 0.4) is 0 Å². The van der Waals surface area contributed by atoms with Crippen molar-refractivity contribution in [2.24, 2.45) is 0 Å². The van der Waals surface area contributed by atoms with Gasteiger partial charge in [0.05, 0.1) is 17.6 Å². The number of ether oxygens (including phenoxy) is 1. The van der Waals surface area contributed by atoms with Crippen molar-refractivity contribution in [1.29, 1.82) is 0 Å². The number of hydrogen-bond acceptors (Lipinski definition) is 4. The maximum Gasteiger partial charge on any atom is 0.253 e. The lowest BCUT2D eigenvalue weighted by Crippen LogP contribution is -2.51. The molecule has 1 amide bonds. The number of amides is 1. The fraction of sp³-hybridized carbons (Fsp3) is 0.579. The van der Waals surface area contributed by atoms with Crippen molar-refractivity contribution in [2.75, 3.05) is 39.8 Å². The van der Waals surface area contributed by atoms with Crippen LogP contribution in [0.2, 0.25) is 0 Å². The molecule has 3 heterocycles. The van der Waals surface area contributed by atoms with E-state index in [2.05, 4.69) is 35.0 Å². The maximum absolute atomic E-state index is 12.8. The smallest absolute Gasteiger partial charge is 0.253 e. The predicted octanol–water partition coefficient (Wildman–Crippen LogP) is 1.91. The van der Waals surface area contributed by atoms with E-state index in [4.69, 9.17) is 9.72 Å². The quantitative estimate of drug-likeness (QED) is 0.906. The number of carbonyl (C=O) groups excluding carboxylic acids is 1. The predicted molar refractivity (Wildman–Crippen MR) is 96.6 cm³/mol. The third kappa shape index (κ3) is 3.41. The number of nitrogens with zero attached hydrogens (tertiary/aromatic N) is 3. The number of fused-ring (bicyclic) bond motifs is 1. The summed E-state index contributed by atoms with van der Waals surface area (Å²) in [7, 11) is 2.04. The Morgan fingerprint density at radius 3 is 3.04 bits per heavy atom. The number of aromatic amines is 1. The van der Waals surface area contributed by atoms with Gasteiger partial charge in [0.2, 0.25) is 0 Å². The lowest BCUT2D eigenvalue weighted by molar-refractivity contribution is -0.150. The molecule has 0 unspecified atom stereocenters. The van der Waals surface area contributed by atoms with E-state index in [1.807, 2.05) is 11.9 Å². The van der Waals surface area contributed by atoms with Crippen LogP contribution in [0.15, 0.2) is 18.2 Å². The molecule has 0 bridgehead atoms. The normalized spacial score (nSPS) is 25.4. The first-order chi connectivity index (χ1) is 12.1. The molecule has 2 saturated heterocycles. The van der Waals surface area contributed by atoms with Crippen LogP contribution in [0, 0.1) is 6.92 Å². The van der Waals surface area contributed by atoms with Gasteiger partial charge in [-0.15, -0.1) is 0 Å². The zero-order valence-corrected chi connectivity index (χ0v) is 15.0. The van der Waals surface area contributed by atoms with Gasteiger partial charge in [-0.2, -0.15) is 0 Å². The van der Waals surface area contributed by atoms with Crippen molar-refractivity contribution in [3.63, 3.8) is 0 Å². The van der Waals surface area contributed by atoms with Crippen LogP contribution in [-0.2, 0) is 9.53 Å². The summed E-state index contributed by atoms with van der Waals surface area (Å²) in [6.45, 7) is 5.84. The number of imidazole rings is 1. The second kappa shape index (κ2) is 6.77. The van der Waals surface area contributed by atoms with E-state index >= 15 is 0 Å². The molecule has 1 N–H and O–H groups in total. The van der Waals surface area contributed by atoms with Crippen molar-refractivity contribution in [2.45, 2.75) is 31.8 Å². The Hall–Kier alpha value is -1.92. The highest BCUT2D eigenvalue weighted by Gasteiger charge is 2.33. The van der Waals surface area contributed by atoms with E-state index in [-0.39, 0.29) is 17.9 Å². The van der Waals surface area contributed by atoms with E-state index in [1.54, 1.807) is 0 Å². The fourth-order valence-electron chi connectivity index (χ4n) is 3.87. The number of likely N-dealkylation sites (N-methyl/N-ethyl adjacent to an activating group) is 1. The standard InChI is InChI=1S/C19H26N4O2/c1-13-5-6-15-16(10-13)21-18(20-15)14-4-3-7-23(11-14)19(24)17-12-22(2)8-9-25-17/h5-6,10,14,17H,3-4,7-9,11-12H2,1-2H3,(H,20,21)/t14-,17-/m1/s1. The molecule has 6 heteroatoms. The van der Waals surface area contributed by atoms with Gasteiger partial charge in [-0.3, -0.25) is 4.79 Å². The lowest BCUT2D eigenvalue weighted by atomic mass is 9.97. The van der Waals surface area contributed by atoms with Gasteiger partial charge >= 0.3 is 0 Å². The van der Waals surface area contributed by atoms with E-state index in [1.165, 1.54) is 5.56 Å². The number of aryl methyl sites for hydroxylation is 1. The average molecular weight is 342 g/mol. The number of H-pyrrole nitrogens is 1. The van der Waals surface area contributed by atoms with Crippen molar-refractivity contribution in [1.82, 2.24) is 19.8 Å². The van der Waals surface area contributed by atoms with Gasteiger partial charge in [-0.1, -0.05) is 6.07 Å². The van der Waals surface area contributed by atoms with Gasteiger partial charge in [0, 0.05) is 32.1 Å². The maximum atomic E-state index is 12.8. The first-order valence-corrected chi connectivity index (χ1v) is 9.15. The molecule has 1 aromatic carbocycles. The molecule has 6 nitrogen and oxygen atoms in total. The van der Waals surface area contributed by atoms with E-state index < -0.39 is 0 Å². The highest BCUT2D eigenvalue weighted by Crippen LogP contribution is 2.27. The van der Waals surface area contributed by atoms with Crippen molar-refractivity contribution >= 4 is 16.9 Å². The second-order valence-corrected chi connectivity index (χ2v) is 7.39. The average Bonchev–Trinajstić information content (AvgIpc) is 3.04. The van der Waals surface area contributed by atoms with Crippen LogP contribution in [0.1, 0.15) is 30.1 Å². The monoisotopic (exact) mass is 342 g/mol. The molecular formula is C19H26N4O2. The Labute approximate surface area is 148 Å². The number of likely N-dealkylation sites (tertiary alicyclic amines) is 1. The zero-order valence-electron chi connectivity index (χ0n) is 15.0. The van der Waals surface area contributed by atoms with Gasteiger partial charge in [0.1, 0.15) is 11.9 Å². The fourth-order valence-corrected chi connectivity index (χ4v) is 3.87. The Balaban J connectivity index is 1.49. The topological polar surface area (TPSA) is 61.5 Å². The molecule has 134 valence electrons. The molecule has 4 rings (SSSR count). The van der Waals surface area contributed by atoms with E-state index in [0.717, 1.165) is 49.3 Å². The summed E-state index contributed by atoms with van der Waals surface area (Å²) in [5.41, 5.74) is 3.30. The van der Waals surface area contributed by atoms with Crippen molar-refractivity contribution < 1.29 is 9.53 Å². The lowest BCUT2D eigenvalue weighted by Gasteiger charge is -2.36. The second-order valence-electron chi connectivity index (χ2n) is 7.39. The molecule has 0 saturated carbocycles. The number of morpholine rings is 1. The molecular weight excluding hydrogens is 316 g/mol. The molecule has 0 spiro atoms. The van der Waals surface area contributed by atoms with Gasteiger partial charge in [0.15, 0.2) is 0 Å². The van der Waals surface area contributed by atoms with Crippen LogP contribution in [0.5, 0.6) is 0 Å². The first-order valence-electron chi connectivity index (χ1n) is 9.15. The van der Waals surface area contributed by atoms with Gasteiger partial charge < -0.3 is 19.5 Å². The van der Waals surface area contributed by atoms with Gasteiger partial charge in [-0.05, 0) is 44.5 Å². The third-order valence-electron chi connectivity index (χ3n) is 5.32. The number of piperidine rings is 1. The minimum atomic E-state index is -0.323. The molecule has 2 atom stereocenters.